The number of carbonyl (C=O) groups is 1. The van der Waals surface area contributed by atoms with Crippen molar-refractivity contribution in [3.63, 3.8) is 0 Å². The van der Waals surface area contributed by atoms with Gasteiger partial charge in [0.05, 0.1) is 17.1 Å². The average molecular weight is 361 g/mol. The van der Waals surface area contributed by atoms with Crippen LogP contribution in [0.25, 0.3) is 0 Å². The van der Waals surface area contributed by atoms with Crippen molar-refractivity contribution in [1.82, 2.24) is 25.3 Å². The van der Waals surface area contributed by atoms with Crippen LogP contribution in [0.2, 0.25) is 0 Å². The molecule has 0 radical (unpaired) electrons. The highest BCUT2D eigenvalue weighted by molar-refractivity contribution is 7.89. The maximum absolute atomic E-state index is 12.4. The molecule has 1 fully saturated rings. The first-order valence-electron chi connectivity index (χ1n) is 7.91. The topological polar surface area (TPSA) is 113 Å². The van der Waals surface area contributed by atoms with Crippen molar-refractivity contribution in [3.8, 4) is 0 Å². The van der Waals surface area contributed by atoms with Crippen LogP contribution in [-0.2, 0) is 16.6 Å². The number of carbonyl (C=O) groups excluding carboxylic acids is 1. The van der Waals surface area contributed by atoms with E-state index in [2.05, 4.69) is 25.3 Å². The Morgan fingerprint density at radius 2 is 2.20 bits per heavy atom. The summed E-state index contributed by atoms with van der Waals surface area (Å²) < 4.78 is 27.3. The minimum atomic E-state index is -3.74. The monoisotopic (exact) mass is 361 g/mol. The van der Waals surface area contributed by atoms with E-state index in [1.807, 2.05) is 0 Å². The summed E-state index contributed by atoms with van der Waals surface area (Å²) in [5.74, 6) is -0.276. The van der Waals surface area contributed by atoms with Gasteiger partial charge in [-0.15, -0.1) is 0 Å². The Morgan fingerprint density at radius 3 is 2.92 bits per heavy atom. The molecule has 3 rings (SSSR count). The molecule has 8 nitrogen and oxygen atoms in total. The Hall–Kier alpha value is -2.36. The van der Waals surface area contributed by atoms with Crippen molar-refractivity contribution in [3.05, 3.63) is 54.1 Å². The van der Waals surface area contributed by atoms with E-state index in [0.29, 0.717) is 11.3 Å². The third-order valence-electron chi connectivity index (χ3n) is 3.89. The van der Waals surface area contributed by atoms with Crippen molar-refractivity contribution >= 4 is 15.9 Å². The van der Waals surface area contributed by atoms with E-state index < -0.39 is 10.0 Å². The first-order valence-corrected chi connectivity index (χ1v) is 9.39. The predicted molar refractivity (Wildman–Crippen MR) is 91.2 cm³/mol. The molecule has 1 aromatic carbocycles. The summed E-state index contributed by atoms with van der Waals surface area (Å²) in [5, 5.41) is 6.06. The van der Waals surface area contributed by atoms with Crippen molar-refractivity contribution in [2.45, 2.75) is 23.9 Å². The van der Waals surface area contributed by atoms with E-state index in [-0.39, 0.29) is 23.4 Å². The second-order valence-corrected chi connectivity index (χ2v) is 7.48. The molecule has 25 heavy (non-hydrogen) atoms. The molecular formula is C16H19N5O3S. The van der Waals surface area contributed by atoms with Crippen LogP contribution in [0.15, 0.2) is 47.8 Å². The van der Waals surface area contributed by atoms with Gasteiger partial charge in [-0.25, -0.2) is 23.1 Å². The molecule has 1 aliphatic rings. The molecule has 1 saturated heterocycles. The van der Waals surface area contributed by atoms with E-state index >= 15 is 0 Å². The normalized spacial score (nSPS) is 17.4. The first kappa shape index (κ1) is 17.5. The Labute approximate surface area is 146 Å². The van der Waals surface area contributed by atoms with Gasteiger partial charge in [0.2, 0.25) is 10.0 Å². The average Bonchev–Trinajstić information content (AvgIpc) is 3.14. The summed E-state index contributed by atoms with van der Waals surface area (Å²) in [4.78, 5) is 20.1. The van der Waals surface area contributed by atoms with E-state index in [9.17, 15) is 13.2 Å². The van der Waals surface area contributed by atoms with Gasteiger partial charge in [0, 0.05) is 24.3 Å². The maximum Gasteiger partial charge on any atom is 0.251 e. The van der Waals surface area contributed by atoms with Crippen molar-refractivity contribution < 1.29 is 13.2 Å². The zero-order chi connectivity index (χ0) is 17.7. The Balaban J connectivity index is 1.69. The van der Waals surface area contributed by atoms with E-state index in [1.165, 1.54) is 18.5 Å². The van der Waals surface area contributed by atoms with Gasteiger partial charge in [0.15, 0.2) is 0 Å². The Morgan fingerprint density at radius 1 is 1.32 bits per heavy atom. The van der Waals surface area contributed by atoms with Gasteiger partial charge in [-0.3, -0.25) is 4.79 Å². The predicted octanol–water partition coefficient (Wildman–Crippen LogP) is 0.0468. The summed E-state index contributed by atoms with van der Waals surface area (Å²) in [6, 6.07) is 7.68. The standard InChI is InChI=1S/C16H19N5O3S/c22-16(21-14-5-6-17-9-14)12-2-1-3-15(8-12)25(23,24)20-10-13-4-7-18-11-19-13/h1-4,7-8,11,14,17,20H,5-6,9-10H2,(H,21,22). The zero-order valence-electron chi connectivity index (χ0n) is 13.5. The van der Waals surface area contributed by atoms with E-state index in [1.54, 1.807) is 24.4 Å². The molecule has 132 valence electrons. The van der Waals surface area contributed by atoms with Gasteiger partial charge >= 0.3 is 0 Å². The minimum absolute atomic E-state index is 0.0405. The third kappa shape index (κ3) is 4.59. The highest BCUT2D eigenvalue weighted by atomic mass is 32.2. The minimum Gasteiger partial charge on any atom is -0.348 e. The Bertz CT molecular complexity index is 836. The second-order valence-electron chi connectivity index (χ2n) is 5.72. The van der Waals surface area contributed by atoms with Crippen LogP contribution < -0.4 is 15.4 Å². The number of nitrogens with one attached hydrogen (secondary N) is 3. The largest absolute Gasteiger partial charge is 0.348 e. The highest BCUT2D eigenvalue weighted by Crippen LogP contribution is 2.12. The Kier molecular flexibility index (Phi) is 5.37. The number of sulfonamides is 1. The van der Waals surface area contributed by atoms with E-state index in [4.69, 9.17) is 0 Å². The van der Waals surface area contributed by atoms with Crippen molar-refractivity contribution in [2.24, 2.45) is 0 Å². The van der Waals surface area contributed by atoms with Gasteiger partial charge < -0.3 is 10.6 Å². The molecule has 3 N–H and O–H groups in total. The number of hydrogen-bond donors (Lipinski definition) is 3. The second kappa shape index (κ2) is 7.68. The van der Waals surface area contributed by atoms with Crippen LogP contribution >= 0.6 is 0 Å². The molecule has 0 bridgehead atoms. The molecule has 9 heteroatoms. The van der Waals surface area contributed by atoms with Crippen molar-refractivity contribution in [2.75, 3.05) is 13.1 Å². The lowest BCUT2D eigenvalue weighted by Crippen LogP contribution is -2.36. The lowest BCUT2D eigenvalue weighted by Gasteiger charge is -2.12. The third-order valence-corrected chi connectivity index (χ3v) is 5.29. The van der Waals surface area contributed by atoms with Crippen LogP contribution in [0.4, 0.5) is 0 Å². The maximum atomic E-state index is 12.4. The number of rotatable bonds is 6. The lowest BCUT2D eigenvalue weighted by atomic mass is 10.2. The van der Waals surface area contributed by atoms with Crippen LogP contribution in [0.5, 0.6) is 0 Å². The molecule has 1 unspecified atom stereocenters. The number of nitrogens with zero attached hydrogens (tertiary/aromatic N) is 2. The summed E-state index contributed by atoms with van der Waals surface area (Å²) in [7, 11) is -3.74. The zero-order valence-corrected chi connectivity index (χ0v) is 14.3. The number of amides is 1. The summed E-state index contributed by atoms with van der Waals surface area (Å²) in [6.45, 7) is 1.64. The highest BCUT2D eigenvalue weighted by Gasteiger charge is 2.20. The smallest absolute Gasteiger partial charge is 0.251 e. The number of aromatic nitrogens is 2. The molecule has 1 amide bonds. The SMILES string of the molecule is O=C(NC1CCNC1)c1cccc(S(=O)(=O)NCc2ccncn2)c1. The van der Waals surface area contributed by atoms with Crippen molar-refractivity contribution in [1.29, 1.82) is 0 Å². The summed E-state index contributed by atoms with van der Waals surface area (Å²) in [6.07, 6.45) is 3.76. The molecule has 0 spiro atoms. The lowest BCUT2D eigenvalue weighted by molar-refractivity contribution is 0.0940. The van der Waals surface area contributed by atoms with Gasteiger partial charge in [-0.1, -0.05) is 6.07 Å². The fraction of sp³-hybridized carbons (Fsp3) is 0.312. The number of benzene rings is 1. The fourth-order valence-corrected chi connectivity index (χ4v) is 3.57. The van der Waals surface area contributed by atoms with Gasteiger partial charge in [-0.2, -0.15) is 0 Å². The molecular weight excluding hydrogens is 342 g/mol. The van der Waals surface area contributed by atoms with Crippen LogP contribution in [0.1, 0.15) is 22.5 Å². The quantitative estimate of drug-likeness (QED) is 0.670. The van der Waals surface area contributed by atoms with E-state index in [0.717, 1.165) is 19.5 Å². The van der Waals surface area contributed by atoms with Crippen LogP contribution in [0, 0.1) is 0 Å². The first-order chi connectivity index (χ1) is 12.0. The molecule has 2 aromatic rings. The summed E-state index contributed by atoms with van der Waals surface area (Å²) >= 11 is 0. The molecule has 2 heterocycles. The molecule has 1 atom stereocenters. The fourth-order valence-electron chi connectivity index (χ4n) is 2.53. The van der Waals surface area contributed by atoms with Crippen LogP contribution in [0.3, 0.4) is 0 Å². The molecule has 0 saturated carbocycles. The number of hydrogen-bond acceptors (Lipinski definition) is 6. The molecule has 1 aromatic heterocycles. The van der Waals surface area contributed by atoms with Crippen LogP contribution in [-0.4, -0.2) is 43.4 Å². The van der Waals surface area contributed by atoms with Gasteiger partial charge in [0.25, 0.3) is 5.91 Å². The van der Waals surface area contributed by atoms with Gasteiger partial charge in [0.1, 0.15) is 6.33 Å². The molecule has 1 aliphatic heterocycles. The van der Waals surface area contributed by atoms with Gasteiger partial charge in [-0.05, 0) is 37.2 Å². The molecule has 0 aliphatic carbocycles. The summed E-state index contributed by atoms with van der Waals surface area (Å²) in [5.41, 5.74) is 0.873.